The van der Waals surface area contributed by atoms with Crippen LogP contribution < -0.4 is 5.32 Å². The quantitative estimate of drug-likeness (QED) is 0.424. The van der Waals surface area contributed by atoms with Crippen molar-refractivity contribution in [2.24, 2.45) is 0 Å². The molecule has 3 aromatic heterocycles. The number of morpholine rings is 1. The third-order valence-corrected chi connectivity index (χ3v) is 6.79. The number of anilines is 2. The van der Waals surface area contributed by atoms with Crippen LogP contribution in [0.4, 0.5) is 15.3 Å². The molecule has 0 aliphatic carbocycles. The van der Waals surface area contributed by atoms with Gasteiger partial charge in [-0.2, -0.15) is 0 Å². The monoisotopic (exact) mass is 486 g/mol. The number of nitrogens with zero attached hydrogens (tertiary/aromatic N) is 5. The van der Waals surface area contributed by atoms with Crippen LogP contribution in [0.1, 0.15) is 28.2 Å². The van der Waals surface area contributed by atoms with Crippen LogP contribution in [0, 0.1) is 19.7 Å². The summed E-state index contributed by atoms with van der Waals surface area (Å²) in [5.74, 6) is 0.341. The van der Waals surface area contributed by atoms with Gasteiger partial charge in [0, 0.05) is 42.0 Å². The summed E-state index contributed by atoms with van der Waals surface area (Å²) in [6.45, 7) is 7.80. The third kappa shape index (κ3) is 4.86. The molecule has 0 atom stereocenters. The van der Waals surface area contributed by atoms with E-state index in [9.17, 15) is 4.39 Å². The minimum Gasteiger partial charge on any atom is -0.379 e. The summed E-state index contributed by atoms with van der Waals surface area (Å²) in [7, 11) is 0. The maximum atomic E-state index is 14.6. The van der Waals surface area contributed by atoms with Crippen molar-refractivity contribution in [3.8, 4) is 0 Å². The molecule has 0 amide bonds. The first-order valence-corrected chi connectivity index (χ1v) is 12.0. The Labute approximate surface area is 200 Å². The summed E-state index contributed by atoms with van der Waals surface area (Å²) in [4.78, 5) is 11.7. The van der Waals surface area contributed by atoms with E-state index < -0.39 is 0 Å². The number of thiazole rings is 1. The Balaban J connectivity index is 1.57. The van der Waals surface area contributed by atoms with Crippen LogP contribution >= 0.6 is 22.9 Å². The summed E-state index contributed by atoms with van der Waals surface area (Å²) in [5, 5.41) is 11.3. The van der Waals surface area contributed by atoms with Crippen LogP contribution in [-0.4, -0.2) is 50.8 Å². The molecule has 0 unspecified atom stereocenters. The van der Waals surface area contributed by atoms with Gasteiger partial charge in [0.25, 0.3) is 0 Å². The number of hydrogen-bond acceptors (Lipinski definition) is 7. The van der Waals surface area contributed by atoms with E-state index in [1.165, 1.54) is 17.4 Å². The van der Waals surface area contributed by atoms with Crippen LogP contribution in [0.5, 0.6) is 0 Å². The first kappa shape index (κ1) is 22.2. The topological polar surface area (TPSA) is 67.6 Å². The fraction of sp³-hybridized carbons (Fsp3) is 0.348. The highest BCUT2D eigenvalue weighted by Gasteiger charge is 2.20. The molecule has 33 heavy (non-hydrogen) atoms. The SMILES string of the molecule is Cc1csc(Nc2cc(CN3CCOCC3)c3nc(C)c(Cc4ccc(Cl)cc4F)n3n2)n1. The molecule has 4 aromatic rings. The molecule has 0 bridgehead atoms. The molecule has 1 N–H and O–H groups in total. The van der Waals surface area contributed by atoms with Crippen molar-refractivity contribution in [2.75, 3.05) is 31.6 Å². The molecular formula is C23H24ClFN6OS. The van der Waals surface area contributed by atoms with Crippen LogP contribution in [0.2, 0.25) is 5.02 Å². The molecule has 0 saturated carbocycles. The van der Waals surface area contributed by atoms with Gasteiger partial charge in [-0.1, -0.05) is 17.7 Å². The molecule has 0 radical (unpaired) electrons. The number of nitrogens with one attached hydrogen (secondary N) is 1. The number of aryl methyl sites for hydroxylation is 2. The molecule has 0 spiro atoms. The number of fused-ring (bicyclic) bond motifs is 1. The minimum atomic E-state index is -0.335. The van der Waals surface area contributed by atoms with Crippen molar-refractivity contribution in [3.05, 3.63) is 68.7 Å². The van der Waals surface area contributed by atoms with Gasteiger partial charge in [0.15, 0.2) is 16.6 Å². The Morgan fingerprint density at radius 2 is 1.97 bits per heavy atom. The van der Waals surface area contributed by atoms with E-state index in [2.05, 4.69) is 15.2 Å². The summed E-state index contributed by atoms with van der Waals surface area (Å²) in [5.41, 5.74) is 5.00. The fourth-order valence-corrected chi connectivity index (χ4v) is 4.83. The molecular weight excluding hydrogens is 463 g/mol. The van der Waals surface area contributed by atoms with Gasteiger partial charge in [-0.3, -0.25) is 4.90 Å². The normalized spacial score (nSPS) is 14.8. The Hall–Kier alpha value is -2.59. The molecule has 7 nitrogen and oxygen atoms in total. The van der Waals surface area contributed by atoms with Gasteiger partial charge in [0.05, 0.1) is 30.3 Å². The van der Waals surface area contributed by atoms with Gasteiger partial charge < -0.3 is 10.1 Å². The average Bonchev–Trinajstić information content (AvgIpc) is 3.33. The average molecular weight is 487 g/mol. The summed E-state index contributed by atoms with van der Waals surface area (Å²) >= 11 is 7.47. The first-order valence-electron chi connectivity index (χ1n) is 10.8. The second-order valence-corrected chi connectivity index (χ2v) is 9.45. The predicted molar refractivity (Wildman–Crippen MR) is 128 cm³/mol. The Morgan fingerprint density at radius 3 is 2.70 bits per heavy atom. The van der Waals surface area contributed by atoms with Crippen molar-refractivity contribution >= 4 is 39.5 Å². The van der Waals surface area contributed by atoms with Crippen LogP contribution in [-0.2, 0) is 17.7 Å². The highest BCUT2D eigenvalue weighted by Crippen LogP contribution is 2.26. The van der Waals surface area contributed by atoms with Crippen molar-refractivity contribution < 1.29 is 9.13 Å². The van der Waals surface area contributed by atoms with Gasteiger partial charge in [-0.15, -0.1) is 16.4 Å². The zero-order chi connectivity index (χ0) is 22.9. The lowest BCUT2D eigenvalue weighted by Gasteiger charge is -2.26. The number of ether oxygens (including phenoxy) is 1. The van der Waals surface area contributed by atoms with Crippen molar-refractivity contribution in [2.45, 2.75) is 26.8 Å². The number of imidazole rings is 1. The molecule has 1 aliphatic rings. The number of rotatable bonds is 6. The number of halogens is 2. The second-order valence-electron chi connectivity index (χ2n) is 8.15. The minimum absolute atomic E-state index is 0.335. The zero-order valence-corrected chi connectivity index (χ0v) is 20.0. The van der Waals surface area contributed by atoms with Crippen LogP contribution in [0.15, 0.2) is 29.6 Å². The van der Waals surface area contributed by atoms with E-state index in [0.29, 0.717) is 22.8 Å². The van der Waals surface area contributed by atoms with Gasteiger partial charge in [-0.05, 0) is 37.6 Å². The fourth-order valence-electron chi connectivity index (χ4n) is 3.98. The lowest BCUT2D eigenvalue weighted by molar-refractivity contribution is 0.0343. The lowest BCUT2D eigenvalue weighted by Crippen LogP contribution is -2.35. The molecule has 5 rings (SSSR count). The Kier molecular flexibility index (Phi) is 6.29. The van der Waals surface area contributed by atoms with Gasteiger partial charge in [0.1, 0.15) is 5.82 Å². The van der Waals surface area contributed by atoms with E-state index in [1.54, 1.807) is 12.1 Å². The molecule has 1 fully saturated rings. The van der Waals surface area contributed by atoms with Crippen LogP contribution in [0.25, 0.3) is 5.65 Å². The zero-order valence-electron chi connectivity index (χ0n) is 18.4. The van der Waals surface area contributed by atoms with E-state index in [0.717, 1.165) is 66.3 Å². The summed E-state index contributed by atoms with van der Waals surface area (Å²) < 4.78 is 21.9. The molecule has 10 heteroatoms. The first-order chi connectivity index (χ1) is 16.0. The predicted octanol–water partition coefficient (Wildman–Crippen LogP) is 4.76. The van der Waals surface area contributed by atoms with E-state index in [-0.39, 0.29) is 5.82 Å². The molecule has 1 aromatic carbocycles. The van der Waals surface area contributed by atoms with Crippen LogP contribution in [0.3, 0.4) is 0 Å². The largest absolute Gasteiger partial charge is 0.379 e. The maximum Gasteiger partial charge on any atom is 0.188 e. The lowest BCUT2D eigenvalue weighted by atomic mass is 10.1. The Bertz CT molecular complexity index is 1300. The number of aromatic nitrogens is 4. The maximum absolute atomic E-state index is 14.6. The highest BCUT2D eigenvalue weighted by molar-refractivity contribution is 7.13. The third-order valence-electron chi connectivity index (χ3n) is 5.68. The van der Waals surface area contributed by atoms with Crippen molar-refractivity contribution in [1.29, 1.82) is 0 Å². The standard InChI is InChI=1S/C23H24ClFN6OS/c1-14-13-33-23(26-14)28-21-10-17(12-30-5-7-32-8-6-30)22-27-15(2)20(31(22)29-21)9-16-3-4-18(24)11-19(16)25/h3-4,10-11,13H,5-9,12H2,1-2H3,(H,26,28,29). The van der Waals surface area contributed by atoms with Gasteiger partial charge >= 0.3 is 0 Å². The van der Waals surface area contributed by atoms with Gasteiger partial charge in [0.2, 0.25) is 0 Å². The summed E-state index contributed by atoms with van der Waals surface area (Å²) in [6.07, 6.45) is 0.361. The second kappa shape index (κ2) is 9.34. The van der Waals surface area contributed by atoms with E-state index in [1.807, 2.05) is 29.8 Å². The molecule has 1 saturated heterocycles. The summed E-state index contributed by atoms with van der Waals surface area (Å²) in [6, 6.07) is 6.78. The number of benzene rings is 1. The van der Waals surface area contributed by atoms with E-state index in [4.69, 9.17) is 26.4 Å². The Morgan fingerprint density at radius 1 is 1.15 bits per heavy atom. The van der Waals surface area contributed by atoms with Gasteiger partial charge in [-0.25, -0.2) is 18.9 Å². The smallest absolute Gasteiger partial charge is 0.188 e. The molecule has 172 valence electrons. The molecule has 1 aliphatic heterocycles. The van der Waals surface area contributed by atoms with E-state index >= 15 is 0 Å². The molecule has 4 heterocycles. The van der Waals surface area contributed by atoms with Crippen molar-refractivity contribution in [1.82, 2.24) is 24.5 Å². The number of hydrogen-bond donors (Lipinski definition) is 1. The highest BCUT2D eigenvalue weighted by atomic mass is 35.5. The van der Waals surface area contributed by atoms with Crippen molar-refractivity contribution in [3.63, 3.8) is 0 Å².